The van der Waals surface area contributed by atoms with Crippen molar-refractivity contribution in [1.29, 1.82) is 0 Å². The Balaban J connectivity index is 0.00000324. The van der Waals surface area contributed by atoms with E-state index in [1.54, 1.807) is 0 Å². The highest BCUT2D eigenvalue weighted by Gasteiger charge is 2.01. The first-order valence-electron chi connectivity index (χ1n) is 5.99. The number of ether oxygens (including phenoxy) is 1. The lowest BCUT2D eigenvalue weighted by atomic mass is 10.3. The van der Waals surface area contributed by atoms with E-state index in [0.717, 1.165) is 18.0 Å². The van der Waals surface area contributed by atoms with Gasteiger partial charge in [-0.1, -0.05) is 0 Å². The van der Waals surface area contributed by atoms with Crippen molar-refractivity contribution >= 4 is 24.0 Å². The predicted molar refractivity (Wildman–Crippen MR) is 80.0 cm³/mol. The van der Waals surface area contributed by atoms with Crippen molar-refractivity contribution in [2.24, 2.45) is 5.73 Å². The molecule has 1 amide bonds. The minimum Gasteiger partial charge on any atom is -0.492 e. The Labute approximate surface area is 120 Å². The number of halogens is 1. The molecule has 0 heterocycles. The molecule has 0 atom stereocenters. The normalized spacial score (nSPS) is 9.89. The zero-order valence-corrected chi connectivity index (χ0v) is 12.2. The molecule has 0 aromatic heterocycles. The van der Waals surface area contributed by atoms with Gasteiger partial charge in [0.2, 0.25) is 5.91 Å². The van der Waals surface area contributed by atoms with Crippen LogP contribution in [0.3, 0.4) is 0 Å². The van der Waals surface area contributed by atoms with Crippen LogP contribution < -0.4 is 15.8 Å². The first kappa shape index (κ1) is 17.7. The summed E-state index contributed by atoms with van der Waals surface area (Å²) in [5, 5.41) is 2.76. The van der Waals surface area contributed by atoms with E-state index in [2.05, 4.69) is 10.2 Å². The molecule has 0 unspecified atom stereocenters. The molecule has 108 valence electrons. The maximum Gasteiger partial charge on any atom is 0.225 e. The minimum absolute atomic E-state index is 0. The molecule has 1 rings (SSSR count). The molecule has 0 saturated carbocycles. The standard InChI is InChI=1S/C13H21N3O2.ClH/c1-16(2)9-10-18-12-5-3-11(4-6-12)15-13(17)7-8-14;/h3-6H,7-10,14H2,1-2H3,(H,15,17);1H. The molecular formula is C13H22ClN3O2. The lowest BCUT2D eigenvalue weighted by molar-refractivity contribution is -0.116. The van der Waals surface area contributed by atoms with E-state index < -0.39 is 0 Å². The van der Waals surface area contributed by atoms with Gasteiger partial charge in [-0.15, -0.1) is 12.4 Å². The molecule has 6 heteroatoms. The van der Waals surface area contributed by atoms with Crippen LogP contribution in [-0.2, 0) is 4.79 Å². The molecule has 0 fully saturated rings. The van der Waals surface area contributed by atoms with Gasteiger partial charge in [-0.05, 0) is 38.4 Å². The van der Waals surface area contributed by atoms with Crippen molar-refractivity contribution in [2.75, 3.05) is 39.1 Å². The van der Waals surface area contributed by atoms with Crippen molar-refractivity contribution in [1.82, 2.24) is 4.90 Å². The Morgan fingerprint density at radius 3 is 2.47 bits per heavy atom. The summed E-state index contributed by atoms with van der Waals surface area (Å²) in [7, 11) is 4.00. The van der Waals surface area contributed by atoms with Gasteiger partial charge in [-0.25, -0.2) is 0 Å². The van der Waals surface area contributed by atoms with Crippen LogP contribution >= 0.6 is 12.4 Å². The SMILES string of the molecule is CN(C)CCOc1ccc(NC(=O)CCN)cc1.Cl. The Morgan fingerprint density at radius 1 is 1.32 bits per heavy atom. The molecule has 0 saturated heterocycles. The first-order valence-corrected chi connectivity index (χ1v) is 5.99. The van der Waals surface area contributed by atoms with Gasteiger partial charge < -0.3 is 20.7 Å². The summed E-state index contributed by atoms with van der Waals surface area (Å²) >= 11 is 0. The minimum atomic E-state index is -0.0706. The Hall–Kier alpha value is -1.30. The van der Waals surface area contributed by atoms with Crippen LogP contribution in [0.25, 0.3) is 0 Å². The fourth-order valence-corrected chi connectivity index (χ4v) is 1.34. The highest BCUT2D eigenvalue weighted by atomic mass is 35.5. The highest BCUT2D eigenvalue weighted by Crippen LogP contribution is 2.15. The number of benzene rings is 1. The quantitative estimate of drug-likeness (QED) is 0.794. The average Bonchev–Trinajstić information content (AvgIpc) is 2.31. The van der Waals surface area contributed by atoms with E-state index in [9.17, 15) is 4.79 Å². The van der Waals surface area contributed by atoms with Gasteiger partial charge in [0.15, 0.2) is 0 Å². The first-order chi connectivity index (χ1) is 8.61. The number of nitrogens with two attached hydrogens (primary N) is 1. The van der Waals surface area contributed by atoms with Gasteiger partial charge in [0.25, 0.3) is 0 Å². The average molecular weight is 288 g/mol. The van der Waals surface area contributed by atoms with Gasteiger partial charge in [-0.3, -0.25) is 4.79 Å². The fourth-order valence-electron chi connectivity index (χ4n) is 1.34. The number of hydrogen-bond donors (Lipinski definition) is 2. The molecule has 0 aliphatic heterocycles. The van der Waals surface area contributed by atoms with Crippen molar-refractivity contribution in [3.63, 3.8) is 0 Å². The van der Waals surface area contributed by atoms with E-state index in [-0.39, 0.29) is 18.3 Å². The van der Waals surface area contributed by atoms with Crippen LogP contribution in [0.2, 0.25) is 0 Å². The zero-order chi connectivity index (χ0) is 13.4. The maximum absolute atomic E-state index is 11.3. The fraction of sp³-hybridized carbons (Fsp3) is 0.462. The van der Waals surface area contributed by atoms with E-state index in [1.807, 2.05) is 38.4 Å². The van der Waals surface area contributed by atoms with Crippen molar-refractivity contribution in [2.45, 2.75) is 6.42 Å². The van der Waals surface area contributed by atoms with Crippen LogP contribution in [0.5, 0.6) is 5.75 Å². The lowest BCUT2D eigenvalue weighted by Gasteiger charge is -2.11. The van der Waals surface area contributed by atoms with E-state index >= 15 is 0 Å². The summed E-state index contributed by atoms with van der Waals surface area (Å²) in [6, 6.07) is 7.32. The smallest absolute Gasteiger partial charge is 0.225 e. The number of nitrogens with zero attached hydrogens (tertiary/aromatic N) is 1. The predicted octanol–water partition coefficient (Wildman–Crippen LogP) is 1.34. The second kappa shape index (κ2) is 9.61. The monoisotopic (exact) mass is 287 g/mol. The number of amides is 1. The third kappa shape index (κ3) is 7.66. The largest absolute Gasteiger partial charge is 0.492 e. The Kier molecular flexibility index (Phi) is 8.95. The second-order valence-electron chi connectivity index (χ2n) is 4.26. The molecule has 0 spiro atoms. The molecule has 19 heavy (non-hydrogen) atoms. The van der Waals surface area contributed by atoms with Crippen LogP contribution in [0.1, 0.15) is 6.42 Å². The molecular weight excluding hydrogens is 266 g/mol. The molecule has 5 nitrogen and oxygen atoms in total. The maximum atomic E-state index is 11.3. The molecule has 0 radical (unpaired) electrons. The third-order valence-electron chi connectivity index (χ3n) is 2.32. The summed E-state index contributed by atoms with van der Waals surface area (Å²) in [6.45, 7) is 1.87. The summed E-state index contributed by atoms with van der Waals surface area (Å²) < 4.78 is 5.55. The highest BCUT2D eigenvalue weighted by molar-refractivity contribution is 5.90. The van der Waals surface area contributed by atoms with Gasteiger partial charge >= 0.3 is 0 Å². The number of likely N-dealkylation sites (N-methyl/N-ethyl adjacent to an activating group) is 1. The van der Waals surface area contributed by atoms with Crippen molar-refractivity contribution in [3.8, 4) is 5.75 Å². The summed E-state index contributed by atoms with van der Waals surface area (Å²) in [6.07, 6.45) is 0.334. The van der Waals surface area contributed by atoms with Crippen LogP contribution in [0.4, 0.5) is 5.69 Å². The van der Waals surface area contributed by atoms with Crippen LogP contribution in [-0.4, -0.2) is 44.6 Å². The molecule has 0 aliphatic carbocycles. The topological polar surface area (TPSA) is 67.6 Å². The van der Waals surface area contributed by atoms with Crippen LogP contribution in [0.15, 0.2) is 24.3 Å². The van der Waals surface area contributed by atoms with Gasteiger partial charge in [0.05, 0.1) is 0 Å². The second-order valence-corrected chi connectivity index (χ2v) is 4.26. The molecule has 0 bridgehead atoms. The van der Waals surface area contributed by atoms with Gasteiger partial charge in [0, 0.05) is 25.2 Å². The number of anilines is 1. The number of carbonyl (C=O) groups is 1. The number of hydrogen-bond acceptors (Lipinski definition) is 4. The summed E-state index contributed by atoms with van der Waals surface area (Å²) in [4.78, 5) is 13.4. The van der Waals surface area contributed by atoms with Gasteiger partial charge in [0.1, 0.15) is 12.4 Å². The number of rotatable bonds is 7. The van der Waals surface area contributed by atoms with Crippen LogP contribution in [0, 0.1) is 0 Å². The Morgan fingerprint density at radius 2 is 1.95 bits per heavy atom. The molecule has 1 aromatic rings. The zero-order valence-electron chi connectivity index (χ0n) is 11.4. The van der Waals surface area contributed by atoms with Crippen molar-refractivity contribution in [3.05, 3.63) is 24.3 Å². The number of nitrogens with one attached hydrogen (secondary N) is 1. The molecule has 1 aromatic carbocycles. The molecule has 3 N–H and O–H groups in total. The van der Waals surface area contributed by atoms with E-state index in [4.69, 9.17) is 10.5 Å². The van der Waals surface area contributed by atoms with E-state index in [0.29, 0.717) is 19.6 Å². The lowest BCUT2D eigenvalue weighted by Crippen LogP contribution is -2.19. The number of carbonyl (C=O) groups excluding carboxylic acids is 1. The van der Waals surface area contributed by atoms with Gasteiger partial charge in [-0.2, -0.15) is 0 Å². The van der Waals surface area contributed by atoms with Crippen molar-refractivity contribution < 1.29 is 9.53 Å². The summed E-state index contributed by atoms with van der Waals surface area (Å²) in [5.74, 6) is 0.729. The molecule has 0 aliphatic rings. The van der Waals surface area contributed by atoms with E-state index in [1.165, 1.54) is 0 Å². The summed E-state index contributed by atoms with van der Waals surface area (Å²) in [5.41, 5.74) is 6.06. The Bertz CT molecular complexity index is 369. The third-order valence-corrected chi connectivity index (χ3v) is 2.32.